The highest BCUT2D eigenvalue weighted by Crippen LogP contribution is 2.27. The van der Waals surface area contributed by atoms with Crippen molar-refractivity contribution in [3.63, 3.8) is 0 Å². The van der Waals surface area contributed by atoms with Crippen LogP contribution in [0, 0.1) is 0 Å². The van der Waals surface area contributed by atoms with Crippen molar-refractivity contribution >= 4 is 0 Å². The summed E-state index contributed by atoms with van der Waals surface area (Å²) in [6, 6.07) is 7.52. The first-order chi connectivity index (χ1) is 11.3. The minimum atomic E-state index is -0.209. The standard InChI is InChI=1S/C15H17N5O3/c1-3-21-10(2)14-18-13(23-20-14)8-22-12-7-5-4-6-11(12)15-16-9-17-19-15/h4-7,9-10H,3,8H2,1-2H3,(H,16,17,19). The smallest absolute Gasteiger partial charge is 0.264 e. The molecule has 8 heteroatoms. The summed E-state index contributed by atoms with van der Waals surface area (Å²) in [6.07, 6.45) is 1.24. The molecule has 8 nitrogen and oxygen atoms in total. The van der Waals surface area contributed by atoms with Crippen LogP contribution in [0.4, 0.5) is 0 Å². The van der Waals surface area contributed by atoms with E-state index in [9.17, 15) is 0 Å². The first kappa shape index (κ1) is 15.2. The summed E-state index contributed by atoms with van der Waals surface area (Å²) in [5.74, 6) is 2.19. The molecule has 0 bridgehead atoms. The Kier molecular flexibility index (Phi) is 4.62. The molecule has 0 spiro atoms. The van der Waals surface area contributed by atoms with Crippen LogP contribution in [0.1, 0.15) is 31.7 Å². The molecule has 0 fully saturated rings. The van der Waals surface area contributed by atoms with Crippen molar-refractivity contribution < 1.29 is 14.0 Å². The van der Waals surface area contributed by atoms with Gasteiger partial charge in [-0.05, 0) is 26.0 Å². The molecule has 120 valence electrons. The van der Waals surface area contributed by atoms with E-state index >= 15 is 0 Å². The van der Waals surface area contributed by atoms with Crippen molar-refractivity contribution in [2.24, 2.45) is 0 Å². The number of hydrogen-bond donors (Lipinski definition) is 1. The predicted molar refractivity (Wildman–Crippen MR) is 80.5 cm³/mol. The molecule has 1 atom stereocenters. The first-order valence-corrected chi connectivity index (χ1v) is 7.29. The minimum Gasteiger partial charge on any atom is -0.483 e. The second-order valence-electron chi connectivity index (χ2n) is 4.76. The van der Waals surface area contributed by atoms with Gasteiger partial charge in [0.05, 0.1) is 5.56 Å². The van der Waals surface area contributed by atoms with Crippen LogP contribution in [-0.4, -0.2) is 31.9 Å². The van der Waals surface area contributed by atoms with E-state index in [1.54, 1.807) is 0 Å². The third-order valence-electron chi connectivity index (χ3n) is 3.17. The third kappa shape index (κ3) is 3.54. The predicted octanol–water partition coefficient (Wildman–Crippen LogP) is 2.53. The van der Waals surface area contributed by atoms with Gasteiger partial charge in [-0.25, -0.2) is 4.98 Å². The number of aromatic nitrogens is 5. The lowest BCUT2D eigenvalue weighted by atomic mass is 10.2. The molecule has 0 aliphatic carbocycles. The molecule has 23 heavy (non-hydrogen) atoms. The summed E-state index contributed by atoms with van der Waals surface area (Å²) >= 11 is 0. The Bertz CT molecular complexity index is 741. The molecule has 0 saturated heterocycles. The lowest BCUT2D eigenvalue weighted by molar-refractivity contribution is 0.0683. The van der Waals surface area contributed by atoms with Gasteiger partial charge in [0.1, 0.15) is 18.2 Å². The SMILES string of the molecule is CCOC(C)c1noc(COc2ccccc2-c2ncn[nH]2)n1. The van der Waals surface area contributed by atoms with E-state index < -0.39 is 0 Å². The van der Waals surface area contributed by atoms with Gasteiger partial charge >= 0.3 is 0 Å². The highest BCUT2D eigenvalue weighted by molar-refractivity contribution is 5.63. The molecule has 1 unspecified atom stereocenters. The van der Waals surface area contributed by atoms with E-state index in [-0.39, 0.29) is 12.7 Å². The highest BCUT2D eigenvalue weighted by atomic mass is 16.5. The zero-order valence-electron chi connectivity index (χ0n) is 12.9. The Morgan fingerprint density at radius 1 is 1.30 bits per heavy atom. The highest BCUT2D eigenvalue weighted by Gasteiger charge is 2.15. The maximum atomic E-state index is 5.78. The molecular formula is C15H17N5O3. The average molecular weight is 315 g/mol. The monoisotopic (exact) mass is 315 g/mol. The molecule has 3 aromatic rings. The Morgan fingerprint density at radius 2 is 2.17 bits per heavy atom. The van der Waals surface area contributed by atoms with Crippen molar-refractivity contribution in [1.29, 1.82) is 0 Å². The maximum Gasteiger partial charge on any atom is 0.264 e. The molecule has 0 aliphatic rings. The second kappa shape index (κ2) is 7.01. The summed E-state index contributed by atoms with van der Waals surface area (Å²) in [7, 11) is 0. The Balaban J connectivity index is 1.70. The van der Waals surface area contributed by atoms with Crippen molar-refractivity contribution in [2.45, 2.75) is 26.6 Å². The first-order valence-electron chi connectivity index (χ1n) is 7.29. The molecule has 2 aromatic heterocycles. The molecule has 0 amide bonds. The van der Waals surface area contributed by atoms with Crippen LogP contribution in [-0.2, 0) is 11.3 Å². The molecule has 0 saturated carbocycles. The number of H-pyrrole nitrogens is 1. The van der Waals surface area contributed by atoms with E-state index in [1.165, 1.54) is 6.33 Å². The molecule has 1 N–H and O–H groups in total. The number of para-hydroxylation sites is 1. The maximum absolute atomic E-state index is 5.78. The van der Waals surface area contributed by atoms with Gasteiger partial charge in [0.2, 0.25) is 0 Å². The normalized spacial score (nSPS) is 12.3. The number of ether oxygens (including phenoxy) is 2. The average Bonchev–Trinajstić information content (AvgIpc) is 3.25. The van der Waals surface area contributed by atoms with E-state index in [1.807, 2.05) is 38.1 Å². The number of hydrogen-bond acceptors (Lipinski definition) is 7. The molecule has 1 aromatic carbocycles. The topological polar surface area (TPSA) is 99.0 Å². The van der Waals surface area contributed by atoms with Gasteiger partial charge in [-0.3, -0.25) is 5.10 Å². The quantitative estimate of drug-likeness (QED) is 0.715. The van der Waals surface area contributed by atoms with Gasteiger partial charge in [0.15, 0.2) is 18.3 Å². The Hall–Kier alpha value is -2.74. The summed E-state index contributed by atoms with van der Waals surface area (Å²) in [6.45, 7) is 4.54. The zero-order chi connectivity index (χ0) is 16.1. The van der Waals surface area contributed by atoms with Crippen LogP contribution < -0.4 is 4.74 Å². The lowest BCUT2D eigenvalue weighted by Gasteiger charge is -2.07. The van der Waals surface area contributed by atoms with E-state index in [2.05, 4.69) is 25.3 Å². The van der Waals surface area contributed by atoms with E-state index in [0.717, 1.165) is 5.56 Å². The van der Waals surface area contributed by atoms with Crippen molar-refractivity contribution in [3.05, 3.63) is 42.3 Å². The number of rotatable bonds is 7. The summed E-state index contributed by atoms with van der Waals surface area (Å²) in [5.41, 5.74) is 0.812. The van der Waals surface area contributed by atoms with Crippen LogP contribution in [0.25, 0.3) is 11.4 Å². The van der Waals surface area contributed by atoms with Crippen molar-refractivity contribution in [2.75, 3.05) is 6.61 Å². The fraction of sp³-hybridized carbons (Fsp3) is 0.333. The van der Waals surface area contributed by atoms with Gasteiger partial charge in [0.25, 0.3) is 5.89 Å². The van der Waals surface area contributed by atoms with Crippen molar-refractivity contribution in [1.82, 2.24) is 25.3 Å². The minimum absolute atomic E-state index is 0.164. The largest absolute Gasteiger partial charge is 0.483 e. The molecule has 0 aliphatic heterocycles. The third-order valence-corrected chi connectivity index (χ3v) is 3.17. The molecular weight excluding hydrogens is 298 g/mol. The fourth-order valence-corrected chi connectivity index (χ4v) is 2.08. The second-order valence-corrected chi connectivity index (χ2v) is 4.76. The zero-order valence-corrected chi connectivity index (χ0v) is 12.9. The molecule has 2 heterocycles. The Labute approximate surface area is 132 Å². The van der Waals surface area contributed by atoms with Crippen molar-refractivity contribution in [3.8, 4) is 17.1 Å². The molecule has 3 rings (SSSR count). The van der Waals surface area contributed by atoms with Crippen LogP contribution in [0.3, 0.4) is 0 Å². The van der Waals surface area contributed by atoms with Crippen LogP contribution in [0.2, 0.25) is 0 Å². The van der Waals surface area contributed by atoms with Crippen LogP contribution in [0.15, 0.2) is 35.1 Å². The number of aromatic amines is 1. The number of benzene rings is 1. The van der Waals surface area contributed by atoms with Gasteiger partial charge in [-0.1, -0.05) is 17.3 Å². The van der Waals surface area contributed by atoms with E-state index in [0.29, 0.717) is 29.9 Å². The van der Waals surface area contributed by atoms with E-state index in [4.69, 9.17) is 14.0 Å². The van der Waals surface area contributed by atoms with Crippen LogP contribution >= 0.6 is 0 Å². The number of nitrogens with zero attached hydrogens (tertiary/aromatic N) is 4. The van der Waals surface area contributed by atoms with Gasteiger partial charge in [-0.2, -0.15) is 10.1 Å². The van der Waals surface area contributed by atoms with Gasteiger partial charge in [0, 0.05) is 6.61 Å². The summed E-state index contributed by atoms with van der Waals surface area (Å²) in [4.78, 5) is 8.41. The van der Waals surface area contributed by atoms with Crippen LogP contribution in [0.5, 0.6) is 5.75 Å². The van der Waals surface area contributed by atoms with Gasteiger partial charge < -0.3 is 14.0 Å². The van der Waals surface area contributed by atoms with Gasteiger partial charge in [-0.15, -0.1) is 0 Å². The number of nitrogens with one attached hydrogen (secondary N) is 1. The lowest BCUT2D eigenvalue weighted by Crippen LogP contribution is -2.02. The Morgan fingerprint density at radius 3 is 2.96 bits per heavy atom. The summed E-state index contributed by atoms with van der Waals surface area (Å²) < 4.78 is 16.4. The molecule has 0 radical (unpaired) electrons. The fourth-order valence-electron chi connectivity index (χ4n) is 2.08. The summed E-state index contributed by atoms with van der Waals surface area (Å²) in [5, 5.41) is 10.6.